The molecule has 0 radical (unpaired) electrons. The third kappa shape index (κ3) is 3.97. The number of hydrogen-bond acceptors (Lipinski definition) is 4. The minimum absolute atomic E-state index is 0.146. The molecule has 0 spiro atoms. The fourth-order valence-corrected chi connectivity index (χ4v) is 3.83. The zero-order valence-corrected chi connectivity index (χ0v) is 16.5. The number of aryl methyl sites for hydroxylation is 1. The van der Waals surface area contributed by atoms with Gasteiger partial charge in [-0.2, -0.15) is 0 Å². The van der Waals surface area contributed by atoms with E-state index in [-0.39, 0.29) is 11.8 Å². The molecule has 1 aliphatic rings. The highest BCUT2D eigenvalue weighted by atomic mass is 16.2. The van der Waals surface area contributed by atoms with Gasteiger partial charge in [-0.1, -0.05) is 25.1 Å². The zero-order valence-electron chi connectivity index (χ0n) is 16.5. The second kappa shape index (κ2) is 8.39. The van der Waals surface area contributed by atoms with Gasteiger partial charge in [-0.05, 0) is 49.9 Å². The smallest absolute Gasteiger partial charge is 0.256 e. The average molecular weight is 388 g/mol. The highest BCUT2D eigenvalue weighted by Crippen LogP contribution is 2.26. The van der Waals surface area contributed by atoms with E-state index < -0.39 is 6.04 Å². The number of hydrogen-bond donors (Lipinski definition) is 1. The number of rotatable bonds is 4. The van der Waals surface area contributed by atoms with Crippen LogP contribution in [0.4, 0.5) is 5.69 Å². The van der Waals surface area contributed by atoms with Crippen molar-refractivity contribution in [2.75, 3.05) is 11.9 Å². The molecule has 2 amide bonds. The molecule has 1 atom stereocenters. The average Bonchev–Trinajstić information content (AvgIpc) is 2.79. The summed E-state index contributed by atoms with van der Waals surface area (Å²) in [5.74, 6) is -0.299. The van der Waals surface area contributed by atoms with Crippen LogP contribution < -0.4 is 5.32 Å². The van der Waals surface area contributed by atoms with E-state index in [0.717, 1.165) is 41.5 Å². The number of pyridine rings is 2. The van der Waals surface area contributed by atoms with E-state index in [1.54, 1.807) is 29.4 Å². The Morgan fingerprint density at radius 1 is 1.17 bits per heavy atom. The van der Waals surface area contributed by atoms with Gasteiger partial charge >= 0.3 is 0 Å². The van der Waals surface area contributed by atoms with Crippen molar-refractivity contribution in [2.24, 2.45) is 0 Å². The summed E-state index contributed by atoms with van der Waals surface area (Å²) >= 11 is 0. The molecule has 1 unspecified atom stereocenters. The van der Waals surface area contributed by atoms with Gasteiger partial charge in [0.1, 0.15) is 6.04 Å². The maximum absolute atomic E-state index is 13.2. The van der Waals surface area contributed by atoms with Gasteiger partial charge in [-0.3, -0.25) is 19.6 Å². The predicted molar refractivity (Wildman–Crippen MR) is 113 cm³/mol. The Labute approximate surface area is 170 Å². The van der Waals surface area contributed by atoms with Gasteiger partial charge in [0.05, 0.1) is 16.8 Å². The lowest BCUT2D eigenvalue weighted by molar-refractivity contribution is -0.121. The second-order valence-corrected chi connectivity index (χ2v) is 7.27. The summed E-state index contributed by atoms with van der Waals surface area (Å²) in [7, 11) is 0. The van der Waals surface area contributed by atoms with Gasteiger partial charge in [-0.15, -0.1) is 0 Å². The molecule has 0 aliphatic carbocycles. The summed E-state index contributed by atoms with van der Waals surface area (Å²) in [5.41, 5.74) is 3.03. The van der Waals surface area contributed by atoms with E-state index in [2.05, 4.69) is 15.3 Å². The minimum Gasteiger partial charge on any atom is -0.327 e. The third-order valence-corrected chi connectivity index (χ3v) is 5.36. The molecule has 0 bridgehead atoms. The summed E-state index contributed by atoms with van der Waals surface area (Å²) in [5, 5.41) is 3.98. The Bertz CT molecular complexity index is 1040. The van der Waals surface area contributed by atoms with Crippen molar-refractivity contribution < 1.29 is 9.59 Å². The lowest BCUT2D eigenvalue weighted by Gasteiger charge is -2.34. The molecule has 1 aromatic carbocycles. The van der Waals surface area contributed by atoms with Crippen LogP contribution in [0.5, 0.6) is 0 Å². The van der Waals surface area contributed by atoms with Gasteiger partial charge in [0.2, 0.25) is 5.91 Å². The molecule has 1 aliphatic heterocycles. The Kier molecular flexibility index (Phi) is 5.51. The number of amides is 2. The molecule has 4 rings (SSSR count). The number of carbonyl (C=O) groups excluding carboxylic acids is 2. The van der Waals surface area contributed by atoms with E-state index >= 15 is 0 Å². The third-order valence-electron chi connectivity index (χ3n) is 5.36. The summed E-state index contributed by atoms with van der Waals surface area (Å²) in [6.45, 7) is 2.61. The Morgan fingerprint density at radius 2 is 2.03 bits per heavy atom. The monoisotopic (exact) mass is 388 g/mol. The molecule has 29 heavy (non-hydrogen) atoms. The first-order valence-corrected chi connectivity index (χ1v) is 10.1. The highest BCUT2D eigenvalue weighted by molar-refractivity contribution is 6.05. The molecular formula is C23H24N4O2. The number of aromatic nitrogens is 2. The van der Waals surface area contributed by atoms with Crippen LogP contribution in [0, 0.1) is 0 Å². The molecule has 2 aromatic heterocycles. The SMILES string of the molecule is CCc1cc(NC(=O)C2CCCCN2C(=O)c2cccnc2)c2ccccc2n1. The second-order valence-electron chi connectivity index (χ2n) is 7.27. The zero-order chi connectivity index (χ0) is 20.2. The Balaban J connectivity index is 1.61. The van der Waals surface area contributed by atoms with Crippen molar-refractivity contribution in [2.45, 2.75) is 38.6 Å². The molecule has 1 fully saturated rings. The number of fused-ring (bicyclic) bond motifs is 1. The fourth-order valence-electron chi connectivity index (χ4n) is 3.83. The molecule has 6 heteroatoms. The van der Waals surface area contributed by atoms with Crippen LogP contribution in [-0.4, -0.2) is 39.3 Å². The van der Waals surface area contributed by atoms with Crippen molar-refractivity contribution in [3.8, 4) is 0 Å². The molecule has 0 saturated carbocycles. The van der Waals surface area contributed by atoms with Crippen LogP contribution in [0.25, 0.3) is 10.9 Å². The molecule has 1 N–H and O–H groups in total. The minimum atomic E-state index is -0.492. The number of carbonyl (C=O) groups is 2. The van der Waals surface area contributed by atoms with E-state index in [4.69, 9.17) is 0 Å². The number of anilines is 1. The fraction of sp³-hybridized carbons (Fsp3) is 0.304. The maximum atomic E-state index is 13.2. The molecule has 3 heterocycles. The van der Waals surface area contributed by atoms with E-state index in [1.165, 1.54) is 0 Å². The van der Waals surface area contributed by atoms with Crippen molar-refractivity contribution in [3.05, 3.63) is 66.1 Å². The number of piperidine rings is 1. The number of likely N-dealkylation sites (tertiary alicyclic amines) is 1. The quantitative estimate of drug-likeness (QED) is 0.737. The number of para-hydroxylation sites is 1. The summed E-state index contributed by atoms with van der Waals surface area (Å²) in [6.07, 6.45) is 6.44. The number of benzene rings is 1. The van der Waals surface area contributed by atoms with Crippen LogP contribution in [0.15, 0.2) is 54.9 Å². The van der Waals surface area contributed by atoms with Gasteiger partial charge in [0, 0.05) is 30.0 Å². The van der Waals surface area contributed by atoms with Gasteiger partial charge in [-0.25, -0.2) is 0 Å². The Hall–Kier alpha value is -3.28. The molecule has 148 valence electrons. The number of nitrogens with one attached hydrogen (secondary N) is 1. The molecule has 1 saturated heterocycles. The molecule has 3 aromatic rings. The Morgan fingerprint density at radius 3 is 2.83 bits per heavy atom. The van der Waals surface area contributed by atoms with E-state index in [9.17, 15) is 9.59 Å². The van der Waals surface area contributed by atoms with Gasteiger partial charge in [0.15, 0.2) is 0 Å². The van der Waals surface area contributed by atoms with E-state index in [0.29, 0.717) is 18.5 Å². The van der Waals surface area contributed by atoms with Gasteiger partial charge in [0.25, 0.3) is 5.91 Å². The summed E-state index contributed by atoms with van der Waals surface area (Å²) in [4.78, 5) is 36.5. The van der Waals surface area contributed by atoms with Crippen LogP contribution in [-0.2, 0) is 11.2 Å². The van der Waals surface area contributed by atoms with Crippen LogP contribution in [0.2, 0.25) is 0 Å². The van der Waals surface area contributed by atoms with Crippen LogP contribution in [0.3, 0.4) is 0 Å². The molecular weight excluding hydrogens is 364 g/mol. The van der Waals surface area contributed by atoms with Crippen molar-refractivity contribution in [1.29, 1.82) is 0 Å². The first-order chi connectivity index (χ1) is 14.2. The lowest BCUT2D eigenvalue weighted by Crippen LogP contribution is -2.50. The highest BCUT2D eigenvalue weighted by Gasteiger charge is 2.33. The largest absolute Gasteiger partial charge is 0.327 e. The normalized spacial score (nSPS) is 16.6. The first-order valence-electron chi connectivity index (χ1n) is 10.1. The first kappa shape index (κ1) is 19.1. The standard InChI is InChI=1S/C23H24N4O2/c1-2-17-14-20(18-9-3-4-10-19(18)25-17)26-22(28)21-11-5-6-13-27(21)23(29)16-8-7-12-24-15-16/h3-4,7-10,12,14-15,21H,2,5-6,11,13H2,1H3,(H,25,26,28). The predicted octanol–water partition coefficient (Wildman–Crippen LogP) is 3.83. The van der Waals surface area contributed by atoms with Crippen molar-refractivity contribution in [3.63, 3.8) is 0 Å². The topological polar surface area (TPSA) is 75.2 Å². The maximum Gasteiger partial charge on any atom is 0.256 e. The van der Waals surface area contributed by atoms with Crippen molar-refractivity contribution in [1.82, 2.24) is 14.9 Å². The van der Waals surface area contributed by atoms with Crippen LogP contribution >= 0.6 is 0 Å². The lowest BCUT2D eigenvalue weighted by atomic mass is 10.00. The van der Waals surface area contributed by atoms with Crippen LogP contribution in [0.1, 0.15) is 42.2 Å². The van der Waals surface area contributed by atoms with Crippen molar-refractivity contribution >= 4 is 28.4 Å². The summed E-state index contributed by atoms with van der Waals surface area (Å²) < 4.78 is 0. The summed E-state index contributed by atoms with van der Waals surface area (Å²) in [6, 6.07) is 12.7. The van der Waals surface area contributed by atoms with E-state index in [1.807, 2.05) is 37.3 Å². The molecule has 6 nitrogen and oxygen atoms in total. The van der Waals surface area contributed by atoms with Gasteiger partial charge < -0.3 is 10.2 Å². The number of nitrogens with zero attached hydrogens (tertiary/aromatic N) is 3.